The van der Waals surface area contributed by atoms with E-state index in [2.05, 4.69) is 10.2 Å². The maximum absolute atomic E-state index is 12.7. The lowest BCUT2D eigenvalue weighted by Crippen LogP contribution is -2.49. The number of anilines is 1. The summed E-state index contributed by atoms with van der Waals surface area (Å²) >= 11 is 0. The number of rotatable bonds is 5. The molecule has 4 rings (SSSR count). The molecule has 0 bridgehead atoms. The van der Waals surface area contributed by atoms with E-state index in [0.29, 0.717) is 55.2 Å². The number of β-amino-alcohol motifs (C(OH)–C–C–N with tert-alkyl or cyclic N) is 1. The number of nitrogens with zero attached hydrogens (tertiary/aromatic N) is 1. The lowest BCUT2D eigenvalue weighted by Gasteiger charge is -2.37. The first kappa shape index (κ1) is 19.3. The van der Waals surface area contributed by atoms with Crippen LogP contribution in [0.15, 0.2) is 12.1 Å². The number of benzene rings is 1. The summed E-state index contributed by atoms with van der Waals surface area (Å²) in [6.07, 6.45) is 2.88. The number of aliphatic hydroxyl groups excluding tert-OH is 1. The molecule has 8 heteroatoms. The summed E-state index contributed by atoms with van der Waals surface area (Å²) in [5, 5.41) is 13.5. The van der Waals surface area contributed by atoms with Crippen LogP contribution in [0.25, 0.3) is 0 Å². The van der Waals surface area contributed by atoms with Crippen molar-refractivity contribution in [1.29, 1.82) is 0 Å². The molecule has 3 atom stereocenters. The van der Waals surface area contributed by atoms with Gasteiger partial charge in [-0.2, -0.15) is 0 Å². The number of nitrogen functional groups attached to an aromatic ring is 1. The average molecular weight is 391 g/mol. The molecule has 8 nitrogen and oxygen atoms in total. The van der Waals surface area contributed by atoms with Crippen LogP contribution in [0.1, 0.15) is 29.6 Å². The van der Waals surface area contributed by atoms with Gasteiger partial charge in [0, 0.05) is 43.9 Å². The number of ether oxygens (including phenoxy) is 3. The Morgan fingerprint density at radius 1 is 1.25 bits per heavy atom. The highest BCUT2D eigenvalue weighted by molar-refractivity contribution is 5.99. The third kappa shape index (κ3) is 4.34. The van der Waals surface area contributed by atoms with E-state index >= 15 is 0 Å². The first-order chi connectivity index (χ1) is 13.6. The summed E-state index contributed by atoms with van der Waals surface area (Å²) in [6, 6.07) is 3.27. The molecule has 0 radical (unpaired) electrons. The Kier molecular flexibility index (Phi) is 5.89. The van der Waals surface area contributed by atoms with Crippen LogP contribution in [-0.2, 0) is 4.74 Å². The van der Waals surface area contributed by atoms with Gasteiger partial charge in [-0.3, -0.25) is 9.69 Å². The minimum atomic E-state index is -0.468. The molecule has 3 aliphatic heterocycles. The van der Waals surface area contributed by atoms with Crippen LogP contribution in [0.3, 0.4) is 0 Å². The van der Waals surface area contributed by atoms with Crippen molar-refractivity contribution >= 4 is 11.6 Å². The number of nitrogens with two attached hydrogens (primary N) is 1. The zero-order chi connectivity index (χ0) is 19.5. The summed E-state index contributed by atoms with van der Waals surface area (Å²) in [7, 11) is 0. The molecule has 28 heavy (non-hydrogen) atoms. The lowest BCUT2D eigenvalue weighted by molar-refractivity contribution is -0.00192. The van der Waals surface area contributed by atoms with E-state index in [1.165, 1.54) is 0 Å². The molecule has 3 aliphatic rings. The van der Waals surface area contributed by atoms with Crippen LogP contribution < -0.4 is 20.5 Å². The van der Waals surface area contributed by atoms with Crippen molar-refractivity contribution < 1.29 is 24.1 Å². The third-order valence-electron chi connectivity index (χ3n) is 5.73. The number of carbonyl (C=O) groups excluding carboxylic acids is 1. The zero-order valence-corrected chi connectivity index (χ0v) is 16.1. The quantitative estimate of drug-likeness (QED) is 0.632. The van der Waals surface area contributed by atoms with Gasteiger partial charge in [0.1, 0.15) is 13.2 Å². The van der Waals surface area contributed by atoms with Gasteiger partial charge in [-0.05, 0) is 31.9 Å². The Morgan fingerprint density at radius 2 is 2.11 bits per heavy atom. The normalized spacial score (nSPS) is 27.5. The van der Waals surface area contributed by atoms with Gasteiger partial charge in [0.05, 0.1) is 17.8 Å². The Bertz CT molecular complexity index is 707. The van der Waals surface area contributed by atoms with Gasteiger partial charge in [-0.25, -0.2) is 0 Å². The molecule has 0 aliphatic carbocycles. The van der Waals surface area contributed by atoms with Crippen molar-refractivity contribution in [3.8, 4) is 11.5 Å². The monoisotopic (exact) mass is 391 g/mol. The number of hydrogen-bond acceptors (Lipinski definition) is 7. The Hall–Kier alpha value is -2.03. The largest absolute Gasteiger partial charge is 0.486 e. The molecule has 4 N–H and O–H groups in total. The number of nitrogens with one attached hydrogen (secondary N) is 1. The van der Waals surface area contributed by atoms with Crippen LogP contribution in [0.2, 0.25) is 0 Å². The van der Waals surface area contributed by atoms with E-state index in [1.807, 2.05) is 0 Å². The van der Waals surface area contributed by atoms with Gasteiger partial charge in [0.15, 0.2) is 11.5 Å². The molecule has 0 saturated carbocycles. The highest BCUT2D eigenvalue weighted by Crippen LogP contribution is 2.36. The van der Waals surface area contributed by atoms with Gasteiger partial charge in [0.25, 0.3) is 5.91 Å². The molecule has 0 aromatic heterocycles. The van der Waals surface area contributed by atoms with E-state index in [-0.39, 0.29) is 11.8 Å². The van der Waals surface area contributed by atoms with Crippen molar-refractivity contribution in [3.63, 3.8) is 0 Å². The molecular formula is C20H29N3O5. The Balaban J connectivity index is 1.31. The molecule has 0 spiro atoms. The number of carbonyl (C=O) groups is 1. The Labute approximate surface area is 164 Å². The predicted octanol–water partition coefficient (Wildman–Crippen LogP) is 0.632. The van der Waals surface area contributed by atoms with Gasteiger partial charge in [-0.15, -0.1) is 0 Å². The molecular weight excluding hydrogens is 362 g/mol. The number of fused-ring (bicyclic) bond motifs is 1. The number of likely N-dealkylation sites (tertiary alicyclic amines) is 1. The van der Waals surface area contributed by atoms with Gasteiger partial charge in [0.2, 0.25) is 0 Å². The fourth-order valence-electron chi connectivity index (χ4n) is 4.19. The molecule has 2 saturated heterocycles. The zero-order valence-electron chi connectivity index (χ0n) is 16.1. The number of piperidine rings is 1. The van der Waals surface area contributed by atoms with Crippen LogP contribution in [0.4, 0.5) is 5.69 Å². The van der Waals surface area contributed by atoms with Crippen molar-refractivity contribution in [1.82, 2.24) is 10.2 Å². The lowest BCUT2D eigenvalue weighted by atomic mass is 9.93. The fraction of sp³-hybridized carbons (Fsp3) is 0.650. The molecule has 1 amide bonds. The molecule has 154 valence electrons. The number of aliphatic hydroxyl groups is 1. The summed E-state index contributed by atoms with van der Waals surface area (Å²) in [5.41, 5.74) is 6.72. The van der Waals surface area contributed by atoms with Crippen LogP contribution in [0.5, 0.6) is 11.5 Å². The first-order valence-corrected chi connectivity index (χ1v) is 10.1. The highest BCUT2D eigenvalue weighted by atomic mass is 16.6. The van der Waals surface area contributed by atoms with Crippen molar-refractivity contribution in [2.45, 2.75) is 31.5 Å². The van der Waals surface area contributed by atoms with Gasteiger partial charge >= 0.3 is 0 Å². The van der Waals surface area contributed by atoms with E-state index in [0.717, 1.165) is 39.0 Å². The second-order valence-electron chi connectivity index (χ2n) is 7.81. The van der Waals surface area contributed by atoms with Crippen molar-refractivity contribution in [2.75, 3.05) is 51.7 Å². The van der Waals surface area contributed by atoms with Gasteiger partial charge < -0.3 is 30.4 Å². The summed E-state index contributed by atoms with van der Waals surface area (Å²) < 4.78 is 16.8. The third-order valence-corrected chi connectivity index (χ3v) is 5.73. The molecule has 1 unspecified atom stereocenters. The first-order valence-electron chi connectivity index (χ1n) is 10.1. The highest BCUT2D eigenvalue weighted by Gasteiger charge is 2.30. The number of hydrogen-bond donors (Lipinski definition) is 3. The maximum atomic E-state index is 12.7. The van der Waals surface area contributed by atoms with Crippen LogP contribution in [0, 0.1) is 5.92 Å². The number of amides is 1. The SMILES string of the molecule is Nc1cc2c(c(C(=O)NC[C@@H]3CCN(CC4CCCO4)C[C@H]3O)c1)OCCO2. The van der Waals surface area contributed by atoms with Crippen molar-refractivity contribution in [3.05, 3.63) is 17.7 Å². The fourth-order valence-corrected chi connectivity index (χ4v) is 4.19. The predicted molar refractivity (Wildman–Crippen MR) is 104 cm³/mol. The van der Waals surface area contributed by atoms with Crippen LogP contribution >= 0.6 is 0 Å². The maximum Gasteiger partial charge on any atom is 0.255 e. The Morgan fingerprint density at radius 3 is 2.89 bits per heavy atom. The standard InChI is InChI=1S/C20H29N3O5/c21-14-8-16(19-18(9-14)27-6-7-28-19)20(25)22-10-13-3-4-23(12-17(13)24)11-15-2-1-5-26-15/h8-9,13,15,17,24H,1-7,10-12,21H2,(H,22,25)/t13-,15?,17+/m0/s1. The van der Waals surface area contributed by atoms with E-state index in [4.69, 9.17) is 19.9 Å². The molecule has 1 aromatic rings. The second kappa shape index (κ2) is 8.55. The molecule has 3 heterocycles. The second-order valence-corrected chi connectivity index (χ2v) is 7.81. The summed E-state index contributed by atoms with van der Waals surface area (Å²) in [4.78, 5) is 15.0. The average Bonchev–Trinajstić information content (AvgIpc) is 3.19. The smallest absolute Gasteiger partial charge is 0.255 e. The molecule has 2 fully saturated rings. The summed E-state index contributed by atoms with van der Waals surface area (Å²) in [5.74, 6) is 0.700. The minimum absolute atomic E-state index is 0.0266. The topological polar surface area (TPSA) is 106 Å². The van der Waals surface area contributed by atoms with Crippen molar-refractivity contribution in [2.24, 2.45) is 5.92 Å². The van der Waals surface area contributed by atoms with E-state index in [1.54, 1.807) is 12.1 Å². The van der Waals surface area contributed by atoms with Gasteiger partial charge in [-0.1, -0.05) is 0 Å². The van der Waals surface area contributed by atoms with Crippen LogP contribution in [-0.4, -0.2) is 74.1 Å². The summed E-state index contributed by atoms with van der Waals surface area (Å²) in [6.45, 7) is 4.50. The van der Waals surface area contributed by atoms with E-state index in [9.17, 15) is 9.90 Å². The van der Waals surface area contributed by atoms with E-state index < -0.39 is 6.10 Å². The minimum Gasteiger partial charge on any atom is -0.486 e. The molecule has 1 aromatic carbocycles.